The van der Waals surface area contributed by atoms with E-state index in [0.717, 1.165) is 10.7 Å². The Morgan fingerprint density at radius 2 is 1.50 bits per heavy atom. The highest BCUT2D eigenvalue weighted by Gasteiger charge is 2.42. The van der Waals surface area contributed by atoms with Crippen molar-refractivity contribution >= 4 is 23.5 Å². The summed E-state index contributed by atoms with van der Waals surface area (Å²) >= 11 is 0. The quantitative estimate of drug-likeness (QED) is 0.568. The van der Waals surface area contributed by atoms with E-state index in [0.29, 0.717) is 43.1 Å². The van der Waals surface area contributed by atoms with Crippen molar-refractivity contribution in [1.82, 2.24) is 29.8 Å². The van der Waals surface area contributed by atoms with Gasteiger partial charge in [-0.1, -0.05) is 12.1 Å². The van der Waals surface area contributed by atoms with Gasteiger partial charge in [0.25, 0.3) is 11.8 Å². The molecule has 3 amide bonds. The highest BCUT2D eigenvalue weighted by molar-refractivity contribution is 6.22. The lowest BCUT2D eigenvalue weighted by Crippen LogP contribution is -2.55. The van der Waals surface area contributed by atoms with E-state index in [9.17, 15) is 14.4 Å². The smallest absolute Gasteiger partial charge is 0.262 e. The second-order valence-corrected chi connectivity index (χ2v) is 7.71. The fourth-order valence-electron chi connectivity index (χ4n) is 4.10. The minimum absolute atomic E-state index is 0.237. The van der Waals surface area contributed by atoms with Crippen molar-refractivity contribution < 1.29 is 14.4 Å². The van der Waals surface area contributed by atoms with Crippen LogP contribution in [-0.4, -0.2) is 79.7 Å². The molecule has 2 aromatic heterocycles. The summed E-state index contributed by atoms with van der Waals surface area (Å²) in [4.78, 5) is 43.3. The molecule has 2 aliphatic heterocycles. The van der Waals surface area contributed by atoms with Crippen LogP contribution in [0, 0.1) is 0 Å². The van der Waals surface area contributed by atoms with Crippen LogP contribution in [0.1, 0.15) is 27.6 Å². The van der Waals surface area contributed by atoms with Crippen LogP contribution in [-0.2, 0) is 4.79 Å². The van der Waals surface area contributed by atoms with Gasteiger partial charge in [-0.15, -0.1) is 10.2 Å². The lowest BCUT2D eigenvalue weighted by molar-refractivity contribution is -0.135. The number of hydrogen-bond acceptors (Lipinski definition) is 7. The van der Waals surface area contributed by atoms with Crippen LogP contribution in [0.3, 0.4) is 0 Å². The minimum Gasteiger partial charge on any atom is -0.352 e. The normalized spacial score (nSPS) is 17.0. The van der Waals surface area contributed by atoms with Crippen molar-refractivity contribution in [1.29, 1.82) is 0 Å². The molecule has 1 atom stereocenters. The van der Waals surface area contributed by atoms with Gasteiger partial charge >= 0.3 is 0 Å². The fraction of sp³-hybridized carbons (Fsp3) is 0.273. The molecule has 2 aliphatic rings. The lowest BCUT2D eigenvalue weighted by Gasteiger charge is -2.37. The van der Waals surface area contributed by atoms with E-state index in [1.807, 2.05) is 18.2 Å². The molecule has 162 valence electrons. The summed E-state index contributed by atoms with van der Waals surface area (Å²) < 4.78 is 1.63. The van der Waals surface area contributed by atoms with Crippen molar-refractivity contribution in [2.24, 2.45) is 0 Å². The molecule has 0 radical (unpaired) electrons. The molecule has 10 heteroatoms. The molecule has 5 rings (SSSR count). The highest BCUT2D eigenvalue weighted by Crippen LogP contribution is 2.25. The van der Waals surface area contributed by atoms with Crippen LogP contribution in [0.15, 0.2) is 54.9 Å². The van der Waals surface area contributed by atoms with Gasteiger partial charge in [0, 0.05) is 38.6 Å². The molecule has 0 aliphatic carbocycles. The monoisotopic (exact) mass is 431 g/mol. The molecule has 4 heterocycles. The molecular formula is C22H21N7O3. The zero-order valence-corrected chi connectivity index (χ0v) is 17.5. The Bertz CT molecular complexity index is 1130. The van der Waals surface area contributed by atoms with Crippen LogP contribution in [0.4, 0.5) is 5.82 Å². The Morgan fingerprint density at radius 3 is 2.06 bits per heavy atom. The van der Waals surface area contributed by atoms with Gasteiger partial charge in [0.1, 0.15) is 6.04 Å². The third-order valence-corrected chi connectivity index (χ3v) is 5.86. The Kier molecular flexibility index (Phi) is 4.89. The molecule has 10 nitrogen and oxygen atoms in total. The predicted molar refractivity (Wildman–Crippen MR) is 114 cm³/mol. The summed E-state index contributed by atoms with van der Waals surface area (Å²) in [6.07, 6.45) is 3.47. The van der Waals surface area contributed by atoms with E-state index in [4.69, 9.17) is 0 Å². The molecular weight excluding hydrogens is 410 g/mol. The van der Waals surface area contributed by atoms with Gasteiger partial charge in [-0.3, -0.25) is 19.3 Å². The number of fused-ring (bicyclic) bond motifs is 1. The number of aromatic nitrogens is 4. The molecule has 0 N–H and O–H groups in total. The number of hydrogen-bond donors (Lipinski definition) is 0. The Hall–Kier alpha value is -4.08. The van der Waals surface area contributed by atoms with Crippen molar-refractivity contribution in [2.75, 3.05) is 31.1 Å². The number of benzene rings is 1. The number of anilines is 1. The van der Waals surface area contributed by atoms with E-state index in [2.05, 4.69) is 20.2 Å². The van der Waals surface area contributed by atoms with E-state index in [1.165, 1.54) is 0 Å². The SMILES string of the molecule is CC(C(=O)N1CCN(c2ccc(-n3cccn3)nn2)CC1)N1C(=O)c2ccccc2C1=O. The van der Waals surface area contributed by atoms with Crippen LogP contribution in [0.2, 0.25) is 0 Å². The Balaban J connectivity index is 1.22. The molecule has 0 bridgehead atoms. The van der Waals surface area contributed by atoms with Gasteiger partial charge in [-0.2, -0.15) is 5.10 Å². The summed E-state index contributed by atoms with van der Waals surface area (Å²) in [6.45, 7) is 3.70. The molecule has 1 aromatic carbocycles. The molecule has 1 fully saturated rings. The van der Waals surface area contributed by atoms with E-state index in [1.54, 1.807) is 53.2 Å². The average Bonchev–Trinajstić information content (AvgIpc) is 3.46. The van der Waals surface area contributed by atoms with Gasteiger partial charge in [-0.25, -0.2) is 4.68 Å². The van der Waals surface area contributed by atoms with Crippen LogP contribution in [0.5, 0.6) is 0 Å². The highest BCUT2D eigenvalue weighted by atomic mass is 16.2. The summed E-state index contributed by atoms with van der Waals surface area (Å²) in [7, 11) is 0. The Labute approximate surface area is 184 Å². The van der Waals surface area contributed by atoms with Crippen molar-refractivity contribution in [2.45, 2.75) is 13.0 Å². The van der Waals surface area contributed by atoms with Gasteiger partial charge in [0.05, 0.1) is 11.1 Å². The molecule has 1 saturated heterocycles. The zero-order valence-electron chi connectivity index (χ0n) is 17.5. The molecule has 0 spiro atoms. The first-order valence-electron chi connectivity index (χ1n) is 10.4. The van der Waals surface area contributed by atoms with Crippen LogP contribution in [0.25, 0.3) is 5.82 Å². The maximum Gasteiger partial charge on any atom is 0.262 e. The third kappa shape index (κ3) is 3.29. The standard InChI is InChI=1S/C22H21N7O3/c1-15(29-21(31)16-5-2-3-6-17(16)22(29)32)20(30)27-13-11-26(12-14-27)18-7-8-19(25-24-18)28-10-4-9-23-28/h2-10,15H,11-14H2,1H3. The molecule has 1 unspecified atom stereocenters. The predicted octanol–water partition coefficient (Wildman–Crippen LogP) is 0.996. The molecule has 0 saturated carbocycles. The van der Waals surface area contributed by atoms with Crippen molar-refractivity contribution in [3.8, 4) is 5.82 Å². The number of nitrogens with zero attached hydrogens (tertiary/aromatic N) is 7. The summed E-state index contributed by atoms with van der Waals surface area (Å²) in [6, 6.07) is 11.3. The first kappa shape index (κ1) is 19.9. The lowest BCUT2D eigenvalue weighted by atomic mass is 10.1. The van der Waals surface area contributed by atoms with Crippen LogP contribution < -0.4 is 4.90 Å². The summed E-state index contributed by atoms with van der Waals surface area (Å²) in [5, 5.41) is 12.6. The van der Waals surface area contributed by atoms with Crippen LogP contribution >= 0.6 is 0 Å². The third-order valence-electron chi connectivity index (χ3n) is 5.86. The first-order chi connectivity index (χ1) is 15.5. The first-order valence-corrected chi connectivity index (χ1v) is 10.4. The summed E-state index contributed by atoms with van der Waals surface area (Å²) in [5.74, 6) is 0.276. The number of amides is 3. The van der Waals surface area contributed by atoms with Gasteiger partial charge in [0.15, 0.2) is 11.6 Å². The number of rotatable bonds is 4. The van der Waals surface area contributed by atoms with E-state index in [-0.39, 0.29) is 5.91 Å². The second-order valence-electron chi connectivity index (χ2n) is 7.71. The topological polar surface area (TPSA) is 105 Å². The van der Waals surface area contributed by atoms with Gasteiger partial charge in [0.2, 0.25) is 5.91 Å². The fourth-order valence-corrected chi connectivity index (χ4v) is 4.10. The van der Waals surface area contributed by atoms with Gasteiger partial charge < -0.3 is 9.80 Å². The Morgan fingerprint density at radius 1 is 0.875 bits per heavy atom. The average molecular weight is 431 g/mol. The second kappa shape index (κ2) is 7.88. The maximum atomic E-state index is 13.1. The van der Waals surface area contributed by atoms with Crippen molar-refractivity contribution in [3.05, 3.63) is 66.0 Å². The van der Waals surface area contributed by atoms with E-state index >= 15 is 0 Å². The molecule has 32 heavy (non-hydrogen) atoms. The van der Waals surface area contributed by atoms with Crippen molar-refractivity contribution in [3.63, 3.8) is 0 Å². The number of carbonyl (C=O) groups is 3. The number of piperazine rings is 1. The number of imide groups is 1. The zero-order chi connectivity index (χ0) is 22.2. The van der Waals surface area contributed by atoms with E-state index < -0.39 is 17.9 Å². The minimum atomic E-state index is -0.859. The van der Waals surface area contributed by atoms with Gasteiger partial charge in [-0.05, 0) is 37.3 Å². The summed E-state index contributed by atoms with van der Waals surface area (Å²) in [5.41, 5.74) is 0.693. The maximum absolute atomic E-state index is 13.1. The molecule has 3 aromatic rings. The number of carbonyl (C=O) groups excluding carboxylic acids is 3. The largest absolute Gasteiger partial charge is 0.352 e.